The Labute approximate surface area is 234 Å². The van der Waals surface area contributed by atoms with Crippen molar-refractivity contribution in [3.63, 3.8) is 0 Å². The lowest BCUT2D eigenvalue weighted by Gasteiger charge is -2.33. The fourth-order valence-corrected chi connectivity index (χ4v) is 7.87. The molecule has 0 N–H and O–H groups in total. The van der Waals surface area contributed by atoms with Gasteiger partial charge in [0.25, 0.3) is 10.0 Å². The van der Waals surface area contributed by atoms with Gasteiger partial charge >= 0.3 is 0 Å². The summed E-state index contributed by atoms with van der Waals surface area (Å²) >= 11 is 0. The molecule has 0 unspecified atom stereocenters. The highest BCUT2D eigenvalue weighted by Gasteiger charge is 2.41. The summed E-state index contributed by atoms with van der Waals surface area (Å²) in [5.41, 5.74) is 2.55. The number of benzene rings is 1. The van der Waals surface area contributed by atoms with Crippen molar-refractivity contribution in [2.75, 3.05) is 19.8 Å². The molecule has 1 saturated carbocycles. The average molecular weight is 565 g/mol. The predicted molar refractivity (Wildman–Crippen MR) is 151 cm³/mol. The van der Waals surface area contributed by atoms with E-state index in [0.29, 0.717) is 28.6 Å². The van der Waals surface area contributed by atoms with Gasteiger partial charge in [0.1, 0.15) is 5.82 Å². The number of hydrogen-bond acceptors (Lipinski definition) is 7. The summed E-state index contributed by atoms with van der Waals surface area (Å²) in [6.45, 7) is 8.06. The molecule has 1 saturated heterocycles. The number of hydrogen-bond donors (Lipinski definition) is 0. The molecule has 1 aliphatic heterocycles. The number of ether oxygens (including phenoxy) is 1. The minimum Gasteiger partial charge on any atom is -0.381 e. The number of fused-ring (bicyclic) bond motifs is 3. The second kappa shape index (κ2) is 10.6. The maximum Gasteiger partial charge on any atom is 0.269 e. The molecule has 10 nitrogen and oxygen atoms in total. The topological polar surface area (TPSA) is 112 Å². The Bertz CT molecular complexity index is 1640. The first-order valence-corrected chi connectivity index (χ1v) is 15.6. The third-order valence-electron chi connectivity index (χ3n) is 8.81. The largest absolute Gasteiger partial charge is 0.381 e. The number of nitrogens with zero attached hydrogens (tertiary/aromatic N) is 6. The SMILES string of the molecule is CC[C@@H]1C[C@H](N(CC2CCOCC2)C(C)=O)C[C@@H]1c1nnc2cnc3c(ccn3S(=O)(=O)c3ccc(C)cc3)n12. The van der Waals surface area contributed by atoms with E-state index in [-0.39, 0.29) is 22.8 Å². The van der Waals surface area contributed by atoms with Crippen molar-refractivity contribution < 1.29 is 17.9 Å². The van der Waals surface area contributed by atoms with Crippen molar-refractivity contribution in [1.82, 2.24) is 28.5 Å². The van der Waals surface area contributed by atoms with E-state index in [0.717, 1.165) is 63.3 Å². The summed E-state index contributed by atoms with van der Waals surface area (Å²) in [6, 6.07) is 8.71. The van der Waals surface area contributed by atoms with Crippen LogP contribution in [0, 0.1) is 18.8 Å². The van der Waals surface area contributed by atoms with Crippen molar-refractivity contribution in [3.05, 3.63) is 54.1 Å². The number of rotatable bonds is 7. The highest BCUT2D eigenvalue weighted by atomic mass is 32.2. The molecule has 4 aromatic rings. The standard InChI is InChI=1S/C29H36N6O4S/c1-4-22-15-23(33(20(3)36)18-21-10-13-39-14-11-21)16-25(22)28-32-31-27-17-30-29-26(35(27)28)9-12-34(29)40(37,38)24-7-5-19(2)6-8-24/h5-9,12,17,21-23,25H,4,10-11,13-16,18H2,1-3H3/t22-,23+,25+/m1/s1. The quantitative estimate of drug-likeness (QED) is 0.331. The van der Waals surface area contributed by atoms with Crippen LogP contribution in [0.25, 0.3) is 16.8 Å². The Hall–Kier alpha value is -3.31. The predicted octanol–water partition coefficient (Wildman–Crippen LogP) is 4.17. The second-order valence-corrected chi connectivity index (χ2v) is 13.1. The van der Waals surface area contributed by atoms with E-state index in [1.54, 1.807) is 49.6 Å². The van der Waals surface area contributed by atoms with E-state index in [9.17, 15) is 13.2 Å². The van der Waals surface area contributed by atoms with Crippen molar-refractivity contribution in [1.29, 1.82) is 0 Å². The number of aryl methyl sites for hydroxylation is 1. The van der Waals surface area contributed by atoms with E-state index in [4.69, 9.17) is 4.74 Å². The van der Waals surface area contributed by atoms with Crippen molar-refractivity contribution >= 4 is 32.7 Å². The van der Waals surface area contributed by atoms with Crippen molar-refractivity contribution in [2.45, 2.75) is 69.7 Å². The van der Waals surface area contributed by atoms with E-state index < -0.39 is 10.0 Å². The molecule has 3 aromatic heterocycles. The lowest BCUT2D eigenvalue weighted by Crippen LogP contribution is -2.42. The third kappa shape index (κ3) is 4.68. The molecule has 0 radical (unpaired) electrons. The normalized spacial score (nSPS) is 22.3. The fraction of sp³-hybridized carbons (Fsp3) is 0.517. The molecule has 2 fully saturated rings. The zero-order valence-corrected chi connectivity index (χ0v) is 24.0. The molecule has 1 aliphatic carbocycles. The molecule has 2 aliphatic rings. The molecule has 6 rings (SSSR count). The highest BCUT2D eigenvalue weighted by Crippen LogP contribution is 2.44. The highest BCUT2D eigenvalue weighted by molar-refractivity contribution is 7.90. The molecule has 1 aromatic carbocycles. The summed E-state index contributed by atoms with van der Waals surface area (Å²) < 4.78 is 35.8. The molecule has 3 atom stereocenters. The molecule has 11 heteroatoms. The van der Waals surface area contributed by atoms with Crippen LogP contribution in [0.1, 0.15) is 63.3 Å². The molecular weight excluding hydrogens is 528 g/mol. The van der Waals surface area contributed by atoms with Gasteiger partial charge in [0.2, 0.25) is 5.91 Å². The lowest BCUT2D eigenvalue weighted by atomic mass is 9.93. The van der Waals surface area contributed by atoms with Gasteiger partial charge in [0.05, 0.1) is 16.6 Å². The summed E-state index contributed by atoms with van der Waals surface area (Å²) in [7, 11) is -3.83. The van der Waals surface area contributed by atoms with Crippen LogP contribution in [0.15, 0.2) is 47.6 Å². The molecule has 40 heavy (non-hydrogen) atoms. The Morgan fingerprint density at radius 2 is 1.85 bits per heavy atom. The van der Waals surface area contributed by atoms with E-state index in [1.807, 2.05) is 11.3 Å². The van der Waals surface area contributed by atoms with Gasteiger partial charge in [0, 0.05) is 44.8 Å². The molecule has 212 valence electrons. The zero-order chi connectivity index (χ0) is 28.0. The first-order valence-electron chi connectivity index (χ1n) is 14.2. The first kappa shape index (κ1) is 26.9. The van der Waals surface area contributed by atoms with Crippen molar-refractivity contribution in [2.24, 2.45) is 11.8 Å². The van der Waals surface area contributed by atoms with Gasteiger partial charge in [-0.3, -0.25) is 9.20 Å². The van der Waals surface area contributed by atoms with Gasteiger partial charge in [0.15, 0.2) is 11.3 Å². The molecule has 4 heterocycles. The summed E-state index contributed by atoms with van der Waals surface area (Å²) in [6.07, 6.45) is 7.77. The molecule has 0 bridgehead atoms. The summed E-state index contributed by atoms with van der Waals surface area (Å²) in [5.74, 6) is 1.80. The second-order valence-electron chi connectivity index (χ2n) is 11.3. The maximum atomic E-state index is 13.5. The van der Waals surface area contributed by atoms with Crippen LogP contribution in [0.4, 0.5) is 0 Å². The Morgan fingerprint density at radius 3 is 2.55 bits per heavy atom. The lowest BCUT2D eigenvalue weighted by molar-refractivity contribution is -0.132. The molecule has 0 spiro atoms. The summed E-state index contributed by atoms with van der Waals surface area (Å²) in [5, 5.41) is 9.03. The van der Waals surface area contributed by atoms with E-state index >= 15 is 0 Å². The third-order valence-corrected chi connectivity index (χ3v) is 10.5. The minimum absolute atomic E-state index is 0.0872. The Morgan fingerprint density at radius 1 is 1.10 bits per heavy atom. The average Bonchev–Trinajstić information content (AvgIpc) is 3.68. The first-order chi connectivity index (χ1) is 19.3. The fourth-order valence-electron chi connectivity index (χ4n) is 6.57. The van der Waals surface area contributed by atoms with Crippen LogP contribution in [0.2, 0.25) is 0 Å². The number of carbonyl (C=O) groups excluding carboxylic acids is 1. The van der Waals surface area contributed by atoms with Crippen LogP contribution < -0.4 is 0 Å². The van der Waals surface area contributed by atoms with Gasteiger partial charge in [-0.05, 0) is 62.6 Å². The van der Waals surface area contributed by atoms with E-state index in [1.165, 1.54) is 3.97 Å². The van der Waals surface area contributed by atoms with Crippen LogP contribution in [0.3, 0.4) is 0 Å². The monoisotopic (exact) mass is 564 g/mol. The van der Waals surface area contributed by atoms with Gasteiger partial charge in [-0.15, -0.1) is 10.2 Å². The minimum atomic E-state index is -3.83. The molecule has 1 amide bonds. The molecular formula is C29H36N6O4S. The van der Waals surface area contributed by atoms with Crippen LogP contribution in [0.5, 0.6) is 0 Å². The number of aromatic nitrogens is 5. The summed E-state index contributed by atoms with van der Waals surface area (Å²) in [4.78, 5) is 19.6. The van der Waals surface area contributed by atoms with E-state index in [2.05, 4.69) is 27.0 Å². The Balaban J connectivity index is 1.36. The van der Waals surface area contributed by atoms with Gasteiger partial charge in [-0.1, -0.05) is 31.0 Å². The zero-order valence-electron chi connectivity index (χ0n) is 23.2. The van der Waals surface area contributed by atoms with Crippen LogP contribution >= 0.6 is 0 Å². The van der Waals surface area contributed by atoms with Crippen molar-refractivity contribution in [3.8, 4) is 0 Å². The van der Waals surface area contributed by atoms with Gasteiger partial charge < -0.3 is 9.64 Å². The maximum absolute atomic E-state index is 13.5. The smallest absolute Gasteiger partial charge is 0.269 e. The number of amides is 1. The van der Waals surface area contributed by atoms with Crippen LogP contribution in [-0.2, 0) is 19.6 Å². The van der Waals surface area contributed by atoms with Crippen LogP contribution in [-0.4, -0.2) is 68.6 Å². The Kier molecular flexibility index (Phi) is 7.12. The van der Waals surface area contributed by atoms with Gasteiger partial charge in [-0.2, -0.15) is 0 Å². The number of carbonyl (C=O) groups is 1. The van der Waals surface area contributed by atoms with Gasteiger partial charge in [-0.25, -0.2) is 17.4 Å².